The maximum atomic E-state index is 14.8. The number of nitrogens with one attached hydrogen (secondary N) is 3. The molecule has 0 saturated carbocycles. The van der Waals surface area contributed by atoms with Crippen molar-refractivity contribution in [2.24, 2.45) is 11.8 Å². The highest BCUT2D eigenvalue weighted by molar-refractivity contribution is 5.96. The van der Waals surface area contributed by atoms with Crippen LogP contribution in [0.2, 0.25) is 0 Å². The number of ketones is 2. The number of nitrogens with zero attached hydrogens (tertiary/aromatic N) is 1. The molecule has 3 amide bonds. The number of pyridine rings is 1. The van der Waals surface area contributed by atoms with Gasteiger partial charge in [-0.2, -0.15) is 0 Å². The number of rotatable bonds is 13. The fourth-order valence-electron chi connectivity index (χ4n) is 8.29. The lowest BCUT2D eigenvalue weighted by molar-refractivity contribution is -0.142. The largest absolute Gasteiger partial charge is 0.486 e. The molecule has 1 aromatic heterocycles. The molecule has 2 bridgehead atoms. The average Bonchev–Trinajstić information content (AvgIpc) is 3.35. The van der Waals surface area contributed by atoms with Crippen LogP contribution in [0.25, 0.3) is 11.1 Å². The summed E-state index contributed by atoms with van der Waals surface area (Å²) in [4.78, 5) is 88.4. The third kappa shape index (κ3) is 14.1. The van der Waals surface area contributed by atoms with Gasteiger partial charge in [0.05, 0.1) is 6.04 Å². The van der Waals surface area contributed by atoms with E-state index in [4.69, 9.17) is 4.74 Å². The Labute approximate surface area is 390 Å². The normalized spacial score (nSPS) is 18.8. The Morgan fingerprint density at radius 1 is 0.627 bits per heavy atom. The predicted octanol–water partition coefficient (Wildman–Crippen LogP) is 6.73. The van der Waals surface area contributed by atoms with Crippen molar-refractivity contribution in [1.29, 1.82) is 0 Å². The number of hydrogen-bond acceptors (Lipinski definition) is 8. The molecule has 0 fully saturated rings. The highest BCUT2D eigenvalue weighted by Crippen LogP contribution is 2.23. The number of carbonyl (C=O) groups excluding carboxylic acids is 5. The second-order valence-corrected chi connectivity index (χ2v) is 17.0. The maximum Gasteiger partial charge on any atom is 0.326 e. The Balaban J connectivity index is 1.22. The Bertz CT molecular complexity index is 2590. The number of benzene rings is 5. The number of hydrogen-bond donors (Lipinski definition) is 4. The number of carbonyl (C=O) groups is 6. The van der Waals surface area contributed by atoms with Gasteiger partial charge in [-0.15, -0.1) is 0 Å². The second kappa shape index (κ2) is 23.5. The molecule has 2 aliphatic heterocycles. The fourth-order valence-corrected chi connectivity index (χ4v) is 8.29. The molecule has 6 aromatic rings. The van der Waals surface area contributed by atoms with E-state index >= 15 is 0 Å². The number of Topliss-reactive ketones (excluding diaryl/α,β-unsaturated/α-hetero) is 2. The second-order valence-electron chi connectivity index (χ2n) is 17.0. The van der Waals surface area contributed by atoms with E-state index < -0.39 is 59.4 Å². The van der Waals surface area contributed by atoms with Gasteiger partial charge in [0.25, 0.3) is 0 Å². The molecule has 0 spiro atoms. The van der Waals surface area contributed by atoms with E-state index in [0.29, 0.717) is 23.3 Å². The molecule has 12 heteroatoms. The first-order chi connectivity index (χ1) is 32.6. The van der Waals surface area contributed by atoms with Crippen LogP contribution >= 0.6 is 0 Å². The third-order valence-corrected chi connectivity index (χ3v) is 12.0. The highest BCUT2D eigenvalue weighted by Gasteiger charge is 2.34. The zero-order valence-corrected chi connectivity index (χ0v) is 37.1. The van der Waals surface area contributed by atoms with E-state index in [1.165, 1.54) is 0 Å². The first-order valence-electron chi connectivity index (χ1n) is 22.6. The van der Waals surface area contributed by atoms with Crippen molar-refractivity contribution < 1.29 is 38.6 Å². The molecule has 12 nitrogen and oxygen atoms in total. The summed E-state index contributed by atoms with van der Waals surface area (Å²) in [5, 5.41) is 18.8. The quantitative estimate of drug-likeness (QED) is 0.0978. The van der Waals surface area contributed by atoms with Gasteiger partial charge in [-0.05, 0) is 88.9 Å². The number of carboxylic acid groups (broad SMARTS) is 1. The summed E-state index contributed by atoms with van der Waals surface area (Å²) < 4.78 is 5.88. The van der Waals surface area contributed by atoms with Gasteiger partial charge in [0.2, 0.25) is 17.7 Å². The van der Waals surface area contributed by atoms with E-state index in [2.05, 4.69) is 20.9 Å². The Morgan fingerprint density at radius 3 is 1.88 bits per heavy atom. The summed E-state index contributed by atoms with van der Waals surface area (Å²) in [6.07, 6.45) is 3.61. The van der Waals surface area contributed by atoms with E-state index in [1.54, 1.807) is 73.1 Å². The number of aryl methyl sites for hydroxylation is 1. The minimum Gasteiger partial charge on any atom is -0.486 e. The van der Waals surface area contributed by atoms with E-state index in [0.717, 1.165) is 27.8 Å². The molecule has 342 valence electrons. The maximum absolute atomic E-state index is 14.8. The molecule has 2 aliphatic rings. The lowest BCUT2D eigenvalue weighted by atomic mass is 9.89. The summed E-state index contributed by atoms with van der Waals surface area (Å²) >= 11 is 0. The minimum atomic E-state index is -1.28. The van der Waals surface area contributed by atoms with Crippen molar-refractivity contribution in [3.05, 3.63) is 192 Å². The van der Waals surface area contributed by atoms with Gasteiger partial charge in [0.15, 0.2) is 11.6 Å². The number of carboxylic acids is 1. The topological polar surface area (TPSA) is 181 Å². The Hall–Kier alpha value is -7.73. The van der Waals surface area contributed by atoms with Gasteiger partial charge in [-0.25, -0.2) is 4.79 Å². The molecule has 0 radical (unpaired) electrons. The van der Waals surface area contributed by atoms with Gasteiger partial charge in [-0.1, -0.05) is 127 Å². The Morgan fingerprint density at radius 2 is 1.22 bits per heavy atom. The third-order valence-electron chi connectivity index (χ3n) is 12.0. The van der Waals surface area contributed by atoms with Crippen molar-refractivity contribution in [1.82, 2.24) is 20.9 Å². The van der Waals surface area contributed by atoms with Crippen LogP contribution in [0.15, 0.2) is 164 Å². The van der Waals surface area contributed by atoms with Gasteiger partial charge in [0.1, 0.15) is 24.4 Å². The van der Waals surface area contributed by atoms with Gasteiger partial charge in [0, 0.05) is 49.9 Å². The van der Waals surface area contributed by atoms with Gasteiger partial charge >= 0.3 is 5.97 Å². The molecule has 0 aliphatic carbocycles. The Kier molecular flexibility index (Phi) is 16.5. The number of aliphatic carboxylic acids is 1. The molecule has 0 saturated heterocycles. The van der Waals surface area contributed by atoms with E-state index in [-0.39, 0.29) is 57.3 Å². The fraction of sp³-hybridized carbons (Fsp3) is 0.255. The van der Waals surface area contributed by atoms with Crippen molar-refractivity contribution in [2.75, 3.05) is 6.61 Å². The van der Waals surface area contributed by atoms with Crippen LogP contribution < -0.4 is 20.7 Å². The summed E-state index contributed by atoms with van der Waals surface area (Å²) in [7, 11) is 0. The smallest absolute Gasteiger partial charge is 0.326 e. The van der Waals surface area contributed by atoms with Crippen LogP contribution in [-0.4, -0.2) is 70.1 Å². The van der Waals surface area contributed by atoms with Crippen LogP contribution in [0.5, 0.6) is 5.75 Å². The van der Waals surface area contributed by atoms with E-state index in [1.807, 2.05) is 91.0 Å². The number of fused-ring (bicyclic) bond motifs is 16. The minimum absolute atomic E-state index is 0.0224. The number of amides is 3. The molecular formula is C55H54N4O8. The predicted molar refractivity (Wildman–Crippen MR) is 254 cm³/mol. The van der Waals surface area contributed by atoms with Crippen molar-refractivity contribution in [2.45, 2.75) is 69.5 Å². The van der Waals surface area contributed by atoms with Crippen LogP contribution in [-0.2, 0) is 60.9 Å². The van der Waals surface area contributed by atoms with Crippen LogP contribution in [0.3, 0.4) is 0 Å². The molecular weight excluding hydrogens is 845 g/mol. The molecule has 67 heavy (non-hydrogen) atoms. The molecule has 0 unspecified atom stereocenters. The summed E-state index contributed by atoms with van der Waals surface area (Å²) in [5.74, 6) is -5.32. The molecule has 3 heterocycles. The first kappa shape index (κ1) is 47.2. The zero-order chi connectivity index (χ0) is 47.0. The lowest BCUT2D eigenvalue weighted by Gasteiger charge is -2.26. The molecule has 4 N–H and O–H groups in total. The molecule has 5 aromatic carbocycles. The van der Waals surface area contributed by atoms with E-state index in [9.17, 15) is 33.9 Å². The van der Waals surface area contributed by atoms with Gasteiger partial charge in [-0.3, -0.25) is 29.0 Å². The van der Waals surface area contributed by atoms with Crippen LogP contribution in [0.1, 0.15) is 47.1 Å². The van der Waals surface area contributed by atoms with Crippen LogP contribution in [0, 0.1) is 11.8 Å². The standard InChI is InChI=1S/C55H54N4O8/c60-46-34-44(31-41-26-28-56-29-27-41)52(62)58-49(32-40-16-21-43(22-17-40)42-14-8-3-9-15-42)54(64)57-48(25-20-37-10-4-1-5-11-37)51(61)35-45(30-39-18-23-47(24-19-39)67-36-46)53(63)59-50(55(65)66)33-38-12-6-2-7-13-38/h1-19,21-24,26-29,44-45,48-50H,20,25,30-36H2,(H,57,64)(H,58,62)(H,59,63)(H,65,66)/t44-,45-,48+,49-,50-/m1/s1. The highest BCUT2D eigenvalue weighted by atomic mass is 16.5. The monoisotopic (exact) mass is 898 g/mol. The van der Waals surface area contributed by atoms with Crippen molar-refractivity contribution >= 4 is 35.3 Å². The first-order valence-corrected chi connectivity index (χ1v) is 22.6. The number of aromatic nitrogens is 1. The SMILES string of the molecule is O=C1COc2ccc(cc2)C[C@@H](C(=O)N[C@H](Cc2ccccc2)C(=O)O)CC(=O)[C@H](CCc2ccccc2)NC(=O)[C@@H](Cc2ccc(-c3ccccc3)cc2)NC(=O)[C@H](Cc2ccncc2)C1. The lowest BCUT2D eigenvalue weighted by Crippen LogP contribution is -2.54. The van der Waals surface area contributed by atoms with Crippen molar-refractivity contribution in [3.63, 3.8) is 0 Å². The zero-order valence-electron chi connectivity index (χ0n) is 37.1. The number of ether oxygens (including phenoxy) is 1. The molecule has 5 atom stereocenters. The molecule has 8 rings (SSSR count). The summed E-state index contributed by atoms with van der Waals surface area (Å²) in [6.45, 7) is -0.322. The van der Waals surface area contributed by atoms with Crippen molar-refractivity contribution in [3.8, 4) is 16.9 Å². The summed E-state index contributed by atoms with van der Waals surface area (Å²) in [5.41, 5.74) is 5.79. The average molecular weight is 899 g/mol. The van der Waals surface area contributed by atoms with Gasteiger partial charge < -0.3 is 25.8 Å². The van der Waals surface area contributed by atoms with Crippen LogP contribution in [0.4, 0.5) is 0 Å². The summed E-state index contributed by atoms with van der Waals surface area (Å²) in [6, 6.07) is 42.7.